The lowest BCUT2D eigenvalue weighted by molar-refractivity contribution is 0.0717. The normalized spacial score (nSPS) is 10.4. The fourth-order valence-electron chi connectivity index (χ4n) is 1.63. The molecule has 0 heterocycles. The zero-order chi connectivity index (χ0) is 13.7. The van der Waals surface area contributed by atoms with Crippen molar-refractivity contribution in [3.8, 4) is 0 Å². The molecular weight excluding hydrogens is 250 g/mol. The molecule has 2 rings (SSSR count). The number of ketones is 1. The first-order chi connectivity index (χ1) is 9.18. The third-order valence-electron chi connectivity index (χ3n) is 2.62. The number of hydrogen-bond acceptors (Lipinski definition) is 2. The molecule has 0 N–H and O–H groups in total. The molecule has 0 radical (unpaired) electrons. The minimum atomic E-state index is -0.581. The zero-order valence-electron chi connectivity index (χ0n) is 10.1. The van der Waals surface area contributed by atoms with Gasteiger partial charge in [-0.05, 0) is 18.2 Å². The van der Waals surface area contributed by atoms with Crippen molar-refractivity contribution in [2.24, 2.45) is 0 Å². The van der Waals surface area contributed by atoms with Crippen LogP contribution in [-0.2, 0) is 11.3 Å². The van der Waals surface area contributed by atoms with E-state index in [9.17, 15) is 13.6 Å². The molecule has 19 heavy (non-hydrogen) atoms. The van der Waals surface area contributed by atoms with Crippen LogP contribution in [0.25, 0.3) is 0 Å². The first-order valence-corrected chi connectivity index (χ1v) is 5.77. The van der Waals surface area contributed by atoms with Crippen molar-refractivity contribution < 1.29 is 18.3 Å². The maximum Gasteiger partial charge on any atom is 0.191 e. The van der Waals surface area contributed by atoms with Crippen molar-refractivity contribution in [3.63, 3.8) is 0 Å². The molecule has 4 heteroatoms. The topological polar surface area (TPSA) is 26.3 Å². The zero-order valence-corrected chi connectivity index (χ0v) is 10.1. The molecule has 0 aliphatic heterocycles. The largest absolute Gasteiger partial charge is 0.369 e. The standard InChI is InChI=1S/C15H12F2O2/c16-13-7-3-1-5-11(13)9-19-10-15(18)12-6-2-4-8-14(12)17/h1-8H,9-10H2. The van der Waals surface area contributed by atoms with E-state index in [1.807, 2.05) is 0 Å². The van der Waals surface area contributed by atoms with Crippen LogP contribution in [0.2, 0.25) is 0 Å². The summed E-state index contributed by atoms with van der Waals surface area (Å²) in [6.45, 7) is -0.303. The highest BCUT2D eigenvalue weighted by atomic mass is 19.1. The highest BCUT2D eigenvalue weighted by Gasteiger charge is 2.11. The van der Waals surface area contributed by atoms with Gasteiger partial charge in [0.1, 0.15) is 18.2 Å². The highest BCUT2D eigenvalue weighted by molar-refractivity contribution is 5.97. The Hall–Kier alpha value is -2.07. The summed E-state index contributed by atoms with van der Waals surface area (Å²) in [4.78, 5) is 11.7. The van der Waals surface area contributed by atoms with E-state index in [1.54, 1.807) is 24.3 Å². The lowest BCUT2D eigenvalue weighted by Crippen LogP contribution is -2.11. The highest BCUT2D eigenvalue weighted by Crippen LogP contribution is 2.10. The number of hydrogen-bond donors (Lipinski definition) is 0. The summed E-state index contributed by atoms with van der Waals surface area (Å²) >= 11 is 0. The van der Waals surface area contributed by atoms with Crippen LogP contribution in [0.15, 0.2) is 48.5 Å². The Kier molecular flexibility index (Phi) is 4.36. The Labute approximate surface area is 109 Å². The Morgan fingerprint density at radius 3 is 2.26 bits per heavy atom. The van der Waals surface area contributed by atoms with Gasteiger partial charge in [0.05, 0.1) is 12.2 Å². The molecule has 2 aromatic carbocycles. The number of ether oxygens (including phenoxy) is 1. The molecule has 0 atom stereocenters. The number of halogens is 2. The van der Waals surface area contributed by atoms with Crippen LogP contribution in [0.4, 0.5) is 8.78 Å². The number of Topliss-reactive ketones (excluding diaryl/α,β-unsaturated/α-hetero) is 1. The van der Waals surface area contributed by atoms with E-state index in [0.29, 0.717) is 5.56 Å². The second-order valence-electron chi connectivity index (χ2n) is 3.99. The van der Waals surface area contributed by atoms with Crippen LogP contribution in [0.3, 0.4) is 0 Å². The predicted octanol–water partition coefficient (Wildman–Crippen LogP) is 3.36. The predicted molar refractivity (Wildman–Crippen MR) is 66.8 cm³/mol. The Morgan fingerprint density at radius 2 is 1.58 bits per heavy atom. The molecule has 0 amide bonds. The van der Waals surface area contributed by atoms with Crippen molar-refractivity contribution in [1.82, 2.24) is 0 Å². The van der Waals surface area contributed by atoms with E-state index in [2.05, 4.69) is 0 Å². The van der Waals surface area contributed by atoms with Crippen molar-refractivity contribution in [1.29, 1.82) is 0 Å². The van der Waals surface area contributed by atoms with Crippen LogP contribution in [0.5, 0.6) is 0 Å². The summed E-state index contributed by atoms with van der Waals surface area (Å²) in [6.07, 6.45) is 0. The summed E-state index contributed by atoms with van der Waals surface area (Å²) in [6, 6.07) is 11.8. The van der Waals surface area contributed by atoms with E-state index < -0.39 is 11.6 Å². The van der Waals surface area contributed by atoms with Crippen LogP contribution in [0.1, 0.15) is 15.9 Å². The third-order valence-corrected chi connectivity index (χ3v) is 2.62. The summed E-state index contributed by atoms with van der Waals surface area (Å²) in [5.74, 6) is -1.43. The van der Waals surface area contributed by atoms with Gasteiger partial charge in [0.15, 0.2) is 5.78 Å². The molecule has 0 aliphatic rings. The monoisotopic (exact) mass is 262 g/mol. The van der Waals surface area contributed by atoms with E-state index >= 15 is 0 Å². The Morgan fingerprint density at radius 1 is 0.947 bits per heavy atom. The van der Waals surface area contributed by atoms with Crippen LogP contribution in [0, 0.1) is 11.6 Å². The summed E-state index contributed by atoms with van der Waals surface area (Å²) < 4.78 is 31.7. The van der Waals surface area contributed by atoms with E-state index in [4.69, 9.17) is 4.74 Å². The quantitative estimate of drug-likeness (QED) is 0.772. The van der Waals surface area contributed by atoms with Crippen LogP contribution < -0.4 is 0 Å². The second-order valence-corrected chi connectivity index (χ2v) is 3.99. The van der Waals surface area contributed by atoms with E-state index in [0.717, 1.165) is 0 Å². The van der Waals surface area contributed by atoms with Gasteiger partial charge in [0, 0.05) is 5.56 Å². The van der Waals surface area contributed by atoms with Gasteiger partial charge in [0.2, 0.25) is 0 Å². The summed E-state index contributed by atoms with van der Waals surface area (Å²) in [5, 5.41) is 0. The Balaban J connectivity index is 1.92. The second kappa shape index (κ2) is 6.20. The number of carbonyl (C=O) groups excluding carboxylic acids is 1. The van der Waals surface area contributed by atoms with Crippen molar-refractivity contribution in [2.45, 2.75) is 6.61 Å². The minimum Gasteiger partial charge on any atom is -0.369 e. The Bertz CT molecular complexity index is 582. The van der Waals surface area contributed by atoms with Crippen molar-refractivity contribution >= 4 is 5.78 Å². The average Bonchev–Trinajstić information content (AvgIpc) is 2.41. The number of benzene rings is 2. The molecule has 0 aliphatic carbocycles. The van der Waals surface area contributed by atoms with Gasteiger partial charge in [-0.15, -0.1) is 0 Å². The molecule has 2 nitrogen and oxygen atoms in total. The SMILES string of the molecule is O=C(COCc1ccccc1F)c1ccccc1F. The molecule has 0 unspecified atom stereocenters. The van der Waals surface area contributed by atoms with Gasteiger partial charge in [-0.1, -0.05) is 30.3 Å². The van der Waals surface area contributed by atoms with E-state index in [1.165, 1.54) is 24.3 Å². The average molecular weight is 262 g/mol. The van der Waals surface area contributed by atoms with Crippen molar-refractivity contribution in [3.05, 3.63) is 71.3 Å². The van der Waals surface area contributed by atoms with Crippen molar-refractivity contribution in [2.75, 3.05) is 6.61 Å². The molecular formula is C15H12F2O2. The smallest absolute Gasteiger partial charge is 0.191 e. The molecule has 98 valence electrons. The fraction of sp³-hybridized carbons (Fsp3) is 0.133. The van der Waals surface area contributed by atoms with Crippen LogP contribution >= 0.6 is 0 Å². The summed E-state index contributed by atoms with van der Waals surface area (Å²) in [7, 11) is 0. The molecule has 0 saturated heterocycles. The van der Waals surface area contributed by atoms with Gasteiger partial charge < -0.3 is 4.74 Å². The number of rotatable bonds is 5. The van der Waals surface area contributed by atoms with E-state index in [-0.39, 0.29) is 24.6 Å². The first kappa shape index (κ1) is 13.4. The molecule has 0 saturated carbocycles. The molecule has 0 aromatic heterocycles. The van der Waals surface area contributed by atoms with Gasteiger partial charge in [0.25, 0.3) is 0 Å². The van der Waals surface area contributed by atoms with Gasteiger partial charge in [-0.2, -0.15) is 0 Å². The molecule has 2 aromatic rings. The lowest BCUT2D eigenvalue weighted by Gasteiger charge is -2.05. The first-order valence-electron chi connectivity index (χ1n) is 5.77. The van der Waals surface area contributed by atoms with Gasteiger partial charge in [-0.3, -0.25) is 4.79 Å². The third kappa shape index (κ3) is 3.45. The lowest BCUT2D eigenvalue weighted by atomic mass is 10.1. The minimum absolute atomic E-state index is 0.0176. The fourth-order valence-corrected chi connectivity index (χ4v) is 1.63. The van der Waals surface area contributed by atoms with Gasteiger partial charge in [-0.25, -0.2) is 8.78 Å². The van der Waals surface area contributed by atoms with Crippen LogP contribution in [-0.4, -0.2) is 12.4 Å². The molecule has 0 fully saturated rings. The molecule has 0 bridgehead atoms. The number of carbonyl (C=O) groups is 1. The summed E-state index contributed by atoms with van der Waals surface area (Å²) in [5.41, 5.74) is 0.347. The maximum atomic E-state index is 13.3. The van der Waals surface area contributed by atoms with Gasteiger partial charge >= 0.3 is 0 Å². The molecule has 0 spiro atoms. The maximum absolute atomic E-state index is 13.3.